The van der Waals surface area contributed by atoms with Crippen LogP contribution in [0.25, 0.3) is 0 Å². The molecule has 27 heavy (non-hydrogen) atoms. The van der Waals surface area contributed by atoms with Gasteiger partial charge in [-0.1, -0.05) is 104 Å². The van der Waals surface area contributed by atoms with Gasteiger partial charge in [0.05, 0.1) is 12.3 Å². The summed E-state index contributed by atoms with van der Waals surface area (Å²) in [7, 11) is 0. The summed E-state index contributed by atoms with van der Waals surface area (Å²) in [6.45, 7) is 1.97. The highest BCUT2D eigenvalue weighted by molar-refractivity contribution is 6.67. The normalized spacial score (nSPS) is 12.4. The van der Waals surface area contributed by atoms with Crippen molar-refractivity contribution in [2.75, 3.05) is 6.61 Å². The molecule has 4 nitrogen and oxygen atoms in total. The first-order valence-electron chi connectivity index (χ1n) is 9.24. The second-order valence-corrected chi connectivity index (χ2v) is 8.99. The number of hydrogen-bond donors (Lipinski definition) is 0. The van der Waals surface area contributed by atoms with Crippen molar-refractivity contribution in [1.82, 2.24) is 0 Å². The summed E-state index contributed by atoms with van der Waals surface area (Å²) in [5.41, 5.74) is 0.895. The predicted octanol–water partition coefficient (Wildman–Crippen LogP) is 6.01. The van der Waals surface area contributed by atoms with Crippen LogP contribution >= 0.6 is 34.8 Å². The van der Waals surface area contributed by atoms with Crippen molar-refractivity contribution in [2.45, 2.75) is 62.3 Å². The SMILES string of the molecule is CCCCCCCC(CC(=O)OCC(Cl)(Cl)Cl)C(=O)OCc1ccccc1. The minimum atomic E-state index is -1.67. The van der Waals surface area contributed by atoms with Crippen LogP contribution in [0.15, 0.2) is 30.3 Å². The second kappa shape index (κ2) is 13.2. The maximum absolute atomic E-state index is 12.5. The fraction of sp³-hybridized carbons (Fsp3) is 0.600. The van der Waals surface area contributed by atoms with E-state index in [0.717, 1.165) is 37.7 Å². The molecule has 0 saturated carbocycles. The number of carbonyl (C=O) groups is 2. The molecular weight excluding hydrogens is 411 g/mol. The summed E-state index contributed by atoms with van der Waals surface area (Å²) >= 11 is 16.8. The molecule has 0 saturated heterocycles. The van der Waals surface area contributed by atoms with Crippen molar-refractivity contribution in [3.63, 3.8) is 0 Å². The van der Waals surface area contributed by atoms with E-state index in [2.05, 4.69) is 6.92 Å². The molecule has 0 aliphatic carbocycles. The van der Waals surface area contributed by atoms with E-state index in [-0.39, 0.29) is 19.6 Å². The molecule has 1 aromatic rings. The van der Waals surface area contributed by atoms with Crippen LogP contribution in [0.1, 0.15) is 57.4 Å². The molecule has 0 fully saturated rings. The molecule has 1 aromatic carbocycles. The third kappa shape index (κ3) is 12.2. The van der Waals surface area contributed by atoms with E-state index >= 15 is 0 Å². The Labute approximate surface area is 176 Å². The van der Waals surface area contributed by atoms with Gasteiger partial charge in [-0.05, 0) is 12.0 Å². The third-order valence-electron chi connectivity index (χ3n) is 4.02. The monoisotopic (exact) mass is 436 g/mol. The van der Waals surface area contributed by atoms with Crippen LogP contribution in [0.2, 0.25) is 0 Å². The van der Waals surface area contributed by atoms with E-state index in [0.29, 0.717) is 6.42 Å². The first kappa shape index (κ1) is 24.1. The second-order valence-electron chi connectivity index (χ2n) is 6.47. The fourth-order valence-corrected chi connectivity index (χ4v) is 2.73. The zero-order chi connectivity index (χ0) is 20.1. The number of halogens is 3. The van der Waals surface area contributed by atoms with Gasteiger partial charge in [0.25, 0.3) is 0 Å². The molecule has 0 amide bonds. The summed E-state index contributed by atoms with van der Waals surface area (Å²) in [4.78, 5) is 24.5. The van der Waals surface area contributed by atoms with Gasteiger partial charge in [0, 0.05) is 0 Å². The lowest BCUT2D eigenvalue weighted by Gasteiger charge is -2.17. The minimum absolute atomic E-state index is 0.0812. The highest BCUT2D eigenvalue weighted by atomic mass is 35.6. The first-order valence-corrected chi connectivity index (χ1v) is 10.4. The van der Waals surface area contributed by atoms with Crippen molar-refractivity contribution in [1.29, 1.82) is 0 Å². The Kier molecular flexibility index (Phi) is 11.8. The van der Waals surface area contributed by atoms with Crippen molar-refractivity contribution >= 4 is 46.7 Å². The van der Waals surface area contributed by atoms with Crippen LogP contribution in [0.5, 0.6) is 0 Å². The lowest BCUT2D eigenvalue weighted by molar-refractivity contribution is -0.156. The quantitative estimate of drug-likeness (QED) is 0.228. The maximum atomic E-state index is 12.5. The highest BCUT2D eigenvalue weighted by Gasteiger charge is 2.27. The Hall–Kier alpha value is -0.970. The Morgan fingerprint density at radius 3 is 2.30 bits per heavy atom. The topological polar surface area (TPSA) is 52.6 Å². The summed E-state index contributed by atoms with van der Waals surface area (Å²) < 4.78 is 8.67. The molecule has 0 heterocycles. The van der Waals surface area contributed by atoms with E-state index in [1.807, 2.05) is 30.3 Å². The van der Waals surface area contributed by atoms with Crippen LogP contribution in [-0.4, -0.2) is 22.3 Å². The molecule has 0 bridgehead atoms. The van der Waals surface area contributed by atoms with Gasteiger partial charge in [-0.3, -0.25) is 9.59 Å². The Balaban J connectivity index is 2.54. The maximum Gasteiger partial charge on any atom is 0.309 e. The van der Waals surface area contributed by atoms with Gasteiger partial charge in [-0.25, -0.2) is 0 Å². The molecule has 0 N–H and O–H groups in total. The van der Waals surface area contributed by atoms with E-state index in [9.17, 15) is 9.59 Å². The minimum Gasteiger partial charge on any atom is -0.461 e. The number of ether oxygens (including phenoxy) is 2. The number of unbranched alkanes of at least 4 members (excludes halogenated alkanes) is 4. The summed E-state index contributed by atoms with van der Waals surface area (Å²) in [6.07, 6.45) is 5.77. The molecule has 7 heteroatoms. The standard InChI is InChI=1S/C20H27Cl3O4/c1-2-3-4-5-9-12-17(13-18(24)27-15-20(21,22)23)19(25)26-14-16-10-7-6-8-11-16/h6-8,10-11,17H,2-5,9,12-15H2,1H3. The number of rotatable bonds is 12. The van der Waals surface area contributed by atoms with Gasteiger partial charge in [0.2, 0.25) is 3.79 Å². The predicted molar refractivity (Wildman–Crippen MR) is 109 cm³/mol. The molecule has 1 unspecified atom stereocenters. The van der Waals surface area contributed by atoms with E-state index in [1.165, 1.54) is 0 Å². The number of carbonyl (C=O) groups excluding carboxylic acids is 2. The van der Waals surface area contributed by atoms with Crippen LogP contribution < -0.4 is 0 Å². The number of esters is 2. The molecule has 1 rings (SSSR count). The lowest BCUT2D eigenvalue weighted by atomic mass is 9.97. The summed E-state index contributed by atoms with van der Waals surface area (Å²) in [5.74, 6) is -1.53. The molecule has 0 aromatic heterocycles. The number of alkyl halides is 3. The van der Waals surface area contributed by atoms with Gasteiger partial charge < -0.3 is 9.47 Å². The molecule has 0 aliphatic rings. The van der Waals surface area contributed by atoms with E-state index in [1.54, 1.807) is 0 Å². The van der Waals surface area contributed by atoms with Gasteiger partial charge in [-0.15, -0.1) is 0 Å². The summed E-state index contributed by atoms with van der Waals surface area (Å²) in [6, 6.07) is 9.40. The Morgan fingerprint density at radius 2 is 1.67 bits per heavy atom. The Bertz CT molecular complexity index is 558. The third-order valence-corrected chi connectivity index (χ3v) is 4.35. The van der Waals surface area contributed by atoms with Crippen LogP contribution in [0.3, 0.4) is 0 Å². The zero-order valence-corrected chi connectivity index (χ0v) is 17.9. The van der Waals surface area contributed by atoms with Gasteiger partial charge in [-0.2, -0.15) is 0 Å². The van der Waals surface area contributed by atoms with Gasteiger partial charge >= 0.3 is 11.9 Å². The van der Waals surface area contributed by atoms with Crippen LogP contribution in [0.4, 0.5) is 0 Å². The fourth-order valence-electron chi connectivity index (χ4n) is 2.57. The van der Waals surface area contributed by atoms with Crippen molar-refractivity contribution in [3.05, 3.63) is 35.9 Å². The molecule has 1 atom stereocenters. The van der Waals surface area contributed by atoms with Gasteiger partial charge in [0.15, 0.2) is 0 Å². The molecule has 0 spiro atoms. The Morgan fingerprint density at radius 1 is 1.00 bits per heavy atom. The van der Waals surface area contributed by atoms with E-state index in [4.69, 9.17) is 44.3 Å². The number of benzene rings is 1. The van der Waals surface area contributed by atoms with Crippen LogP contribution in [-0.2, 0) is 25.7 Å². The summed E-state index contributed by atoms with van der Waals surface area (Å²) in [5, 5.41) is 0. The zero-order valence-electron chi connectivity index (χ0n) is 15.6. The number of hydrogen-bond acceptors (Lipinski definition) is 4. The molecular formula is C20H27Cl3O4. The largest absolute Gasteiger partial charge is 0.461 e. The highest BCUT2D eigenvalue weighted by Crippen LogP contribution is 2.26. The van der Waals surface area contributed by atoms with Crippen LogP contribution in [0, 0.1) is 5.92 Å². The molecule has 0 aliphatic heterocycles. The van der Waals surface area contributed by atoms with Crippen molar-refractivity contribution < 1.29 is 19.1 Å². The van der Waals surface area contributed by atoms with Gasteiger partial charge in [0.1, 0.15) is 13.2 Å². The molecule has 0 radical (unpaired) electrons. The smallest absolute Gasteiger partial charge is 0.309 e. The lowest BCUT2D eigenvalue weighted by Crippen LogP contribution is -2.24. The van der Waals surface area contributed by atoms with E-state index < -0.39 is 21.6 Å². The average molecular weight is 438 g/mol. The first-order chi connectivity index (χ1) is 12.8. The van der Waals surface area contributed by atoms with Crippen molar-refractivity contribution in [3.8, 4) is 0 Å². The average Bonchev–Trinajstić information content (AvgIpc) is 2.63. The molecule has 152 valence electrons. The van der Waals surface area contributed by atoms with Crippen molar-refractivity contribution in [2.24, 2.45) is 5.92 Å².